The van der Waals surface area contributed by atoms with E-state index < -0.39 is 23.6 Å². The fraction of sp³-hybridized carbons (Fsp3) is 0.417. The van der Waals surface area contributed by atoms with Crippen LogP contribution in [0.2, 0.25) is 0 Å². The van der Waals surface area contributed by atoms with E-state index in [9.17, 15) is 23.2 Å². The SMILES string of the molecule is O=C1CCC(NC(=O)c2ccc(CSC(F)F)o2)C(=O)N1. The molecule has 1 aliphatic rings. The fourth-order valence-corrected chi connectivity index (χ4v) is 2.23. The number of amides is 3. The van der Waals surface area contributed by atoms with Gasteiger partial charge < -0.3 is 9.73 Å². The molecule has 0 bridgehead atoms. The first kappa shape index (κ1) is 15.5. The summed E-state index contributed by atoms with van der Waals surface area (Å²) in [5.74, 6) is -3.97. The van der Waals surface area contributed by atoms with Gasteiger partial charge >= 0.3 is 0 Å². The zero-order chi connectivity index (χ0) is 15.4. The number of halogens is 2. The molecule has 1 aromatic heterocycles. The molecule has 2 heterocycles. The molecule has 1 unspecified atom stereocenters. The second-order valence-corrected chi connectivity index (χ2v) is 5.29. The molecule has 1 saturated heterocycles. The first-order valence-corrected chi connectivity index (χ1v) is 7.13. The van der Waals surface area contributed by atoms with Crippen molar-refractivity contribution in [3.8, 4) is 0 Å². The van der Waals surface area contributed by atoms with E-state index >= 15 is 0 Å². The van der Waals surface area contributed by atoms with Gasteiger partial charge in [-0.1, -0.05) is 11.8 Å². The highest BCUT2D eigenvalue weighted by Gasteiger charge is 2.28. The number of piperidine rings is 1. The van der Waals surface area contributed by atoms with Gasteiger partial charge in [0.2, 0.25) is 11.8 Å². The summed E-state index contributed by atoms with van der Waals surface area (Å²) < 4.78 is 29.2. The smallest absolute Gasteiger partial charge is 0.287 e. The molecular formula is C12H12F2N2O4S. The van der Waals surface area contributed by atoms with E-state index in [1.807, 2.05) is 0 Å². The van der Waals surface area contributed by atoms with Crippen molar-refractivity contribution >= 4 is 29.5 Å². The molecule has 2 rings (SSSR count). The summed E-state index contributed by atoms with van der Waals surface area (Å²) in [6.07, 6.45) is 0.357. The lowest BCUT2D eigenvalue weighted by Crippen LogP contribution is -2.52. The van der Waals surface area contributed by atoms with Crippen molar-refractivity contribution in [2.75, 3.05) is 0 Å². The summed E-state index contributed by atoms with van der Waals surface area (Å²) in [7, 11) is 0. The third kappa shape index (κ3) is 4.28. The average molecular weight is 318 g/mol. The van der Waals surface area contributed by atoms with E-state index in [-0.39, 0.29) is 36.0 Å². The van der Waals surface area contributed by atoms with Gasteiger partial charge in [-0.25, -0.2) is 0 Å². The highest BCUT2D eigenvalue weighted by molar-refractivity contribution is 7.98. The molecular weight excluding hydrogens is 306 g/mol. The molecule has 6 nitrogen and oxygen atoms in total. The summed E-state index contributed by atoms with van der Waals surface area (Å²) in [5, 5.41) is 4.55. The van der Waals surface area contributed by atoms with Crippen molar-refractivity contribution in [1.82, 2.24) is 10.6 Å². The van der Waals surface area contributed by atoms with Gasteiger partial charge in [0.15, 0.2) is 5.76 Å². The van der Waals surface area contributed by atoms with E-state index in [0.717, 1.165) is 0 Å². The van der Waals surface area contributed by atoms with Crippen molar-refractivity contribution in [2.24, 2.45) is 0 Å². The van der Waals surface area contributed by atoms with Gasteiger partial charge in [-0.05, 0) is 18.6 Å². The van der Waals surface area contributed by atoms with E-state index in [1.165, 1.54) is 12.1 Å². The number of hydrogen-bond donors (Lipinski definition) is 2. The molecule has 1 aliphatic heterocycles. The number of alkyl halides is 2. The van der Waals surface area contributed by atoms with Crippen molar-refractivity contribution in [1.29, 1.82) is 0 Å². The van der Waals surface area contributed by atoms with Crippen LogP contribution in [0.25, 0.3) is 0 Å². The quantitative estimate of drug-likeness (QED) is 0.798. The number of rotatable bonds is 5. The van der Waals surface area contributed by atoms with Gasteiger partial charge in [0.05, 0.1) is 5.75 Å². The number of carbonyl (C=O) groups excluding carboxylic acids is 3. The predicted molar refractivity (Wildman–Crippen MR) is 69.6 cm³/mol. The Morgan fingerprint density at radius 1 is 1.48 bits per heavy atom. The lowest BCUT2D eigenvalue weighted by atomic mass is 10.1. The summed E-state index contributed by atoms with van der Waals surface area (Å²) in [6.45, 7) is 0. The van der Waals surface area contributed by atoms with Crippen LogP contribution in [0, 0.1) is 0 Å². The number of furan rings is 1. The maximum atomic E-state index is 12.0. The number of thioether (sulfide) groups is 1. The molecule has 0 saturated carbocycles. The molecule has 0 aliphatic carbocycles. The minimum atomic E-state index is -2.52. The Kier molecular flexibility index (Phi) is 4.94. The van der Waals surface area contributed by atoms with E-state index in [2.05, 4.69) is 10.6 Å². The minimum absolute atomic E-state index is 0.0522. The average Bonchev–Trinajstić information content (AvgIpc) is 2.88. The van der Waals surface area contributed by atoms with Crippen molar-refractivity contribution < 1.29 is 27.6 Å². The highest BCUT2D eigenvalue weighted by atomic mass is 32.2. The first-order chi connectivity index (χ1) is 9.95. The Labute approximate surface area is 122 Å². The number of hydrogen-bond acceptors (Lipinski definition) is 5. The molecule has 114 valence electrons. The molecule has 9 heteroatoms. The Balaban J connectivity index is 1.91. The van der Waals surface area contributed by atoms with Gasteiger partial charge in [-0.15, -0.1) is 0 Å². The Bertz CT molecular complexity index is 561. The first-order valence-electron chi connectivity index (χ1n) is 6.08. The van der Waals surface area contributed by atoms with E-state index in [4.69, 9.17) is 4.42 Å². The van der Waals surface area contributed by atoms with Gasteiger partial charge in [0, 0.05) is 6.42 Å². The molecule has 0 radical (unpaired) electrons. The van der Waals surface area contributed by atoms with Gasteiger partial charge in [-0.2, -0.15) is 8.78 Å². The molecule has 0 spiro atoms. The maximum absolute atomic E-state index is 12.0. The van der Waals surface area contributed by atoms with Crippen LogP contribution in [-0.2, 0) is 15.3 Å². The Morgan fingerprint density at radius 2 is 2.24 bits per heavy atom. The summed E-state index contributed by atoms with van der Waals surface area (Å²) in [5.41, 5.74) is 0. The third-order valence-electron chi connectivity index (χ3n) is 2.78. The largest absolute Gasteiger partial charge is 0.455 e. The summed E-state index contributed by atoms with van der Waals surface area (Å²) in [4.78, 5) is 34.3. The van der Waals surface area contributed by atoms with Crippen LogP contribution in [-0.4, -0.2) is 29.5 Å². The van der Waals surface area contributed by atoms with Crippen LogP contribution in [0.4, 0.5) is 8.78 Å². The number of nitrogens with one attached hydrogen (secondary N) is 2. The highest BCUT2D eigenvalue weighted by Crippen LogP contribution is 2.21. The van der Waals surface area contributed by atoms with Crippen molar-refractivity contribution in [3.05, 3.63) is 23.7 Å². The second-order valence-electron chi connectivity index (χ2n) is 4.31. The Hall–Kier alpha value is -1.90. The molecule has 1 fully saturated rings. The van der Waals surface area contributed by atoms with Crippen LogP contribution in [0.5, 0.6) is 0 Å². The topological polar surface area (TPSA) is 88.4 Å². The number of imide groups is 1. The van der Waals surface area contributed by atoms with Crippen LogP contribution >= 0.6 is 11.8 Å². The van der Waals surface area contributed by atoms with Crippen molar-refractivity contribution in [3.63, 3.8) is 0 Å². The Morgan fingerprint density at radius 3 is 2.90 bits per heavy atom. The van der Waals surface area contributed by atoms with E-state index in [0.29, 0.717) is 11.8 Å². The molecule has 21 heavy (non-hydrogen) atoms. The van der Waals surface area contributed by atoms with Crippen LogP contribution in [0.1, 0.15) is 29.2 Å². The van der Waals surface area contributed by atoms with Gasteiger partial charge in [0.25, 0.3) is 11.7 Å². The zero-order valence-electron chi connectivity index (χ0n) is 10.7. The van der Waals surface area contributed by atoms with E-state index in [1.54, 1.807) is 0 Å². The van der Waals surface area contributed by atoms with Crippen LogP contribution in [0.3, 0.4) is 0 Å². The third-order valence-corrected chi connectivity index (χ3v) is 3.48. The lowest BCUT2D eigenvalue weighted by molar-refractivity contribution is -0.134. The molecule has 1 aromatic rings. The predicted octanol–water partition coefficient (Wildman–Crippen LogP) is 1.27. The number of carbonyl (C=O) groups is 3. The molecule has 0 aromatic carbocycles. The zero-order valence-corrected chi connectivity index (χ0v) is 11.5. The lowest BCUT2D eigenvalue weighted by Gasteiger charge is -2.21. The van der Waals surface area contributed by atoms with Gasteiger partial charge in [-0.3, -0.25) is 19.7 Å². The van der Waals surface area contributed by atoms with Gasteiger partial charge in [0.1, 0.15) is 11.8 Å². The standard InChI is InChI=1S/C12H12F2N2O4S/c13-12(14)21-5-6-1-3-8(20-6)11(19)15-7-2-4-9(17)16-10(7)18/h1,3,7,12H,2,4-5H2,(H,15,19)(H,16,17,18). The second kappa shape index (κ2) is 6.70. The fourth-order valence-electron chi connectivity index (χ4n) is 1.78. The normalized spacial score (nSPS) is 18.7. The molecule has 1 atom stereocenters. The van der Waals surface area contributed by atoms with Crippen molar-refractivity contribution in [2.45, 2.75) is 30.4 Å². The summed E-state index contributed by atoms with van der Waals surface area (Å²) in [6, 6.07) is 1.97. The maximum Gasteiger partial charge on any atom is 0.287 e. The minimum Gasteiger partial charge on any atom is -0.455 e. The monoisotopic (exact) mass is 318 g/mol. The van der Waals surface area contributed by atoms with Crippen LogP contribution in [0.15, 0.2) is 16.5 Å². The van der Waals surface area contributed by atoms with Crippen LogP contribution < -0.4 is 10.6 Å². The summed E-state index contributed by atoms with van der Waals surface area (Å²) >= 11 is 0.385. The molecule has 2 N–H and O–H groups in total. The molecule has 3 amide bonds.